The van der Waals surface area contributed by atoms with E-state index in [1.54, 1.807) is 0 Å². The Kier molecular flexibility index (Phi) is 5.99. The fourth-order valence-electron chi connectivity index (χ4n) is 5.04. The number of allylic oxidation sites excluding steroid dienone is 2. The van der Waals surface area contributed by atoms with Gasteiger partial charge in [0.15, 0.2) is 5.78 Å². The maximum Gasteiger partial charge on any atom is 0.232 e. The number of aryl methyl sites for hydroxylation is 1. The average molecular weight is 417 g/mol. The number of carbonyl (C=O) groups is 2. The molecule has 1 aliphatic carbocycles. The molecule has 0 radical (unpaired) electrons. The second-order valence-corrected chi connectivity index (χ2v) is 8.61. The Morgan fingerprint density at radius 3 is 2.35 bits per heavy atom. The van der Waals surface area contributed by atoms with Crippen molar-refractivity contribution >= 4 is 23.1 Å². The van der Waals surface area contributed by atoms with Gasteiger partial charge in [-0.05, 0) is 75.4 Å². The standard InChI is InChI=1S/C27H32N2O2/c1-5-28(6-2)21-15-13-20(14-16-21)22-17-26(31)29(23-10-7-9-18(3)19(23)4)24-11-8-12-25(30)27(22)24/h7,9-10,13-16,22H,5-6,8,11-12,17H2,1-4H3. The molecular weight excluding hydrogens is 384 g/mol. The Morgan fingerprint density at radius 2 is 1.68 bits per heavy atom. The minimum Gasteiger partial charge on any atom is -0.372 e. The molecule has 1 amide bonds. The molecule has 2 aromatic carbocycles. The summed E-state index contributed by atoms with van der Waals surface area (Å²) in [5.41, 5.74) is 7.18. The molecule has 0 spiro atoms. The van der Waals surface area contributed by atoms with Crippen molar-refractivity contribution < 1.29 is 9.59 Å². The van der Waals surface area contributed by atoms with Crippen LogP contribution in [0, 0.1) is 13.8 Å². The second-order valence-electron chi connectivity index (χ2n) is 8.61. The molecule has 1 heterocycles. The van der Waals surface area contributed by atoms with Crippen molar-refractivity contribution in [3.63, 3.8) is 0 Å². The van der Waals surface area contributed by atoms with E-state index < -0.39 is 0 Å². The van der Waals surface area contributed by atoms with Crippen molar-refractivity contribution in [1.29, 1.82) is 0 Å². The van der Waals surface area contributed by atoms with Crippen LogP contribution in [0.25, 0.3) is 0 Å². The van der Waals surface area contributed by atoms with E-state index >= 15 is 0 Å². The van der Waals surface area contributed by atoms with Crippen LogP contribution >= 0.6 is 0 Å². The summed E-state index contributed by atoms with van der Waals surface area (Å²) in [7, 11) is 0. The lowest BCUT2D eigenvalue weighted by atomic mass is 9.77. The predicted octanol–water partition coefficient (Wildman–Crippen LogP) is 5.68. The summed E-state index contributed by atoms with van der Waals surface area (Å²) in [5.74, 6) is 0.129. The quantitative estimate of drug-likeness (QED) is 0.630. The van der Waals surface area contributed by atoms with Crippen LogP contribution in [0.5, 0.6) is 0 Å². The highest BCUT2D eigenvalue weighted by atomic mass is 16.2. The molecule has 0 saturated heterocycles. The fraction of sp³-hybridized carbons (Fsp3) is 0.407. The summed E-state index contributed by atoms with van der Waals surface area (Å²) in [4.78, 5) is 30.7. The first-order chi connectivity index (χ1) is 15.0. The molecule has 0 N–H and O–H groups in total. The number of amides is 1. The highest BCUT2D eigenvalue weighted by molar-refractivity contribution is 6.07. The Balaban J connectivity index is 1.79. The zero-order valence-corrected chi connectivity index (χ0v) is 19.1. The maximum atomic E-state index is 13.4. The zero-order valence-electron chi connectivity index (χ0n) is 19.1. The summed E-state index contributed by atoms with van der Waals surface area (Å²) in [6, 6.07) is 14.5. The third-order valence-corrected chi connectivity index (χ3v) is 6.92. The summed E-state index contributed by atoms with van der Waals surface area (Å²) in [6.45, 7) is 10.3. The number of carbonyl (C=O) groups excluding carboxylic acids is 2. The van der Waals surface area contributed by atoms with E-state index in [2.05, 4.69) is 62.9 Å². The summed E-state index contributed by atoms with van der Waals surface area (Å²) >= 11 is 0. The van der Waals surface area contributed by atoms with Gasteiger partial charge in [-0.25, -0.2) is 0 Å². The van der Waals surface area contributed by atoms with E-state index in [4.69, 9.17) is 0 Å². The molecule has 1 atom stereocenters. The summed E-state index contributed by atoms with van der Waals surface area (Å²) in [6.07, 6.45) is 2.48. The maximum absolute atomic E-state index is 13.4. The first kappa shape index (κ1) is 21.4. The van der Waals surface area contributed by atoms with Crippen molar-refractivity contribution in [1.82, 2.24) is 0 Å². The number of nitrogens with zero attached hydrogens (tertiary/aromatic N) is 2. The molecule has 2 aliphatic rings. The van der Waals surface area contributed by atoms with Gasteiger partial charge < -0.3 is 4.90 Å². The number of hydrogen-bond donors (Lipinski definition) is 0. The zero-order chi connectivity index (χ0) is 22.1. The van der Waals surface area contributed by atoms with E-state index in [1.165, 1.54) is 5.69 Å². The normalized spacial score (nSPS) is 19.0. The van der Waals surface area contributed by atoms with Crippen LogP contribution in [0.3, 0.4) is 0 Å². The number of benzene rings is 2. The lowest BCUT2D eigenvalue weighted by Crippen LogP contribution is -2.41. The molecule has 1 aliphatic heterocycles. The molecule has 4 heteroatoms. The Bertz CT molecular complexity index is 1030. The number of anilines is 2. The van der Waals surface area contributed by atoms with Gasteiger partial charge in [0.05, 0.1) is 5.69 Å². The third kappa shape index (κ3) is 3.80. The number of rotatable bonds is 5. The van der Waals surface area contributed by atoms with Crippen LogP contribution in [0.2, 0.25) is 0 Å². The van der Waals surface area contributed by atoms with Crippen molar-refractivity contribution in [3.05, 3.63) is 70.4 Å². The summed E-state index contributed by atoms with van der Waals surface area (Å²) < 4.78 is 0. The lowest BCUT2D eigenvalue weighted by molar-refractivity contribution is -0.119. The Morgan fingerprint density at radius 1 is 0.968 bits per heavy atom. The van der Waals surface area contributed by atoms with E-state index in [0.717, 1.165) is 59.6 Å². The first-order valence-corrected chi connectivity index (χ1v) is 11.5. The molecule has 0 aromatic heterocycles. The van der Waals surface area contributed by atoms with Crippen LogP contribution in [0.15, 0.2) is 53.7 Å². The molecule has 2 aromatic rings. The van der Waals surface area contributed by atoms with Crippen molar-refractivity contribution in [2.45, 2.75) is 59.3 Å². The largest absolute Gasteiger partial charge is 0.372 e. The van der Waals surface area contributed by atoms with Gasteiger partial charge in [-0.2, -0.15) is 0 Å². The molecular formula is C27H32N2O2. The van der Waals surface area contributed by atoms with E-state index in [9.17, 15) is 9.59 Å². The van der Waals surface area contributed by atoms with E-state index in [-0.39, 0.29) is 17.6 Å². The van der Waals surface area contributed by atoms with E-state index in [0.29, 0.717) is 12.8 Å². The molecule has 0 saturated carbocycles. The molecule has 0 fully saturated rings. The van der Waals surface area contributed by atoms with Gasteiger partial charge in [0, 0.05) is 48.8 Å². The summed E-state index contributed by atoms with van der Waals surface area (Å²) in [5, 5.41) is 0. The SMILES string of the molecule is CCN(CC)c1ccc(C2CC(=O)N(c3cccc(C)c3C)C3=C2C(=O)CCC3)cc1. The van der Waals surface area contributed by atoms with Crippen LogP contribution in [0.1, 0.15) is 62.1 Å². The Hall–Kier alpha value is -2.88. The molecule has 31 heavy (non-hydrogen) atoms. The smallest absolute Gasteiger partial charge is 0.232 e. The van der Waals surface area contributed by atoms with Gasteiger partial charge in [-0.3, -0.25) is 14.5 Å². The molecule has 1 unspecified atom stereocenters. The highest BCUT2D eigenvalue weighted by Crippen LogP contribution is 2.44. The first-order valence-electron chi connectivity index (χ1n) is 11.5. The third-order valence-electron chi connectivity index (χ3n) is 6.92. The van der Waals surface area contributed by atoms with Crippen molar-refractivity contribution in [2.75, 3.05) is 22.9 Å². The fourth-order valence-corrected chi connectivity index (χ4v) is 5.04. The van der Waals surface area contributed by atoms with E-state index in [1.807, 2.05) is 17.0 Å². The lowest BCUT2D eigenvalue weighted by Gasteiger charge is -2.39. The van der Waals surface area contributed by atoms with Crippen LogP contribution in [0.4, 0.5) is 11.4 Å². The predicted molar refractivity (Wildman–Crippen MR) is 127 cm³/mol. The number of ketones is 1. The van der Waals surface area contributed by atoms with Crippen LogP contribution in [-0.2, 0) is 9.59 Å². The Labute approximate surface area is 185 Å². The molecule has 162 valence electrons. The molecule has 4 nitrogen and oxygen atoms in total. The number of hydrogen-bond acceptors (Lipinski definition) is 3. The highest BCUT2D eigenvalue weighted by Gasteiger charge is 2.40. The van der Waals surface area contributed by atoms with Crippen molar-refractivity contribution in [3.8, 4) is 0 Å². The number of Topliss-reactive ketones (excluding diaryl/α,β-unsaturated/α-hetero) is 1. The topological polar surface area (TPSA) is 40.6 Å². The van der Waals surface area contributed by atoms with Gasteiger partial charge in [-0.15, -0.1) is 0 Å². The van der Waals surface area contributed by atoms with Crippen LogP contribution in [-0.4, -0.2) is 24.8 Å². The van der Waals surface area contributed by atoms with Gasteiger partial charge >= 0.3 is 0 Å². The van der Waals surface area contributed by atoms with Gasteiger partial charge in [0.2, 0.25) is 5.91 Å². The van der Waals surface area contributed by atoms with Gasteiger partial charge in [0.25, 0.3) is 0 Å². The minimum absolute atomic E-state index is 0.0833. The second kappa shape index (κ2) is 8.70. The molecule has 0 bridgehead atoms. The minimum atomic E-state index is -0.151. The van der Waals surface area contributed by atoms with Gasteiger partial charge in [-0.1, -0.05) is 24.3 Å². The molecule has 4 rings (SSSR count). The van der Waals surface area contributed by atoms with Gasteiger partial charge in [0.1, 0.15) is 0 Å². The van der Waals surface area contributed by atoms with Crippen molar-refractivity contribution in [2.24, 2.45) is 0 Å². The average Bonchev–Trinajstić information content (AvgIpc) is 2.77. The monoisotopic (exact) mass is 416 g/mol. The van der Waals surface area contributed by atoms with Crippen LogP contribution < -0.4 is 9.80 Å².